The monoisotopic (exact) mass is 478 g/mol. The molecular formula is C28H31ClN2O3. The number of halogens is 1. The van der Waals surface area contributed by atoms with Gasteiger partial charge in [-0.25, -0.2) is 0 Å². The van der Waals surface area contributed by atoms with Gasteiger partial charge in [-0.15, -0.1) is 0 Å². The predicted molar refractivity (Wildman–Crippen MR) is 139 cm³/mol. The topological polar surface area (TPSA) is 67.4 Å². The second-order valence-electron chi connectivity index (χ2n) is 9.10. The van der Waals surface area contributed by atoms with Gasteiger partial charge >= 0.3 is 0 Å². The van der Waals surface area contributed by atoms with Crippen LogP contribution in [0.1, 0.15) is 48.2 Å². The molecule has 3 aromatic carbocycles. The van der Waals surface area contributed by atoms with Gasteiger partial charge in [0.05, 0.1) is 6.61 Å². The van der Waals surface area contributed by atoms with E-state index in [-0.39, 0.29) is 11.8 Å². The molecule has 5 nitrogen and oxygen atoms in total. The molecule has 0 aliphatic rings. The molecule has 0 saturated carbocycles. The summed E-state index contributed by atoms with van der Waals surface area (Å²) in [7, 11) is 0. The highest BCUT2D eigenvalue weighted by atomic mass is 35.5. The summed E-state index contributed by atoms with van der Waals surface area (Å²) in [6, 6.07) is 20.0. The van der Waals surface area contributed by atoms with Crippen LogP contribution in [0.2, 0.25) is 5.02 Å². The third-order valence-electron chi connectivity index (χ3n) is 5.63. The largest absolute Gasteiger partial charge is 0.493 e. The molecule has 0 radical (unpaired) electrons. The highest BCUT2D eigenvalue weighted by Gasteiger charge is 2.27. The maximum atomic E-state index is 12.9. The lowest BCUT2D eigenvalue weighted by Crippen LogP contribution is -2.31. The zero-order valence-electron chi connectivity index (χ0n) is 20.1. The molecule has 3 rings (SSSR count). The summed E-state index contributed by atoms with van der Waals surface area (Å²) in [4.78, 5) is 25.6. The third kappa shape index (κ3) is 7.09. The Hall–Kier alpha value is -3.31. The number of hydrogen-bond acceptors (Lipinski definition) is 3. The summed E-state index contributed by atoms with van der Waals surface area (Å²) in [5, 5.41) is 6.30. The van der Waals surface area contributed by atoms with Crippen molar-refractivity contribution in [2.75, 3.05) is 17.2 Å². The molecule has 0 fully saturated rings. The van der Waals surface area contributed by atoms with Crippen molar-refractivity contribution in [2.45, 2.75) is 40.5 Å². The molecule has 178 valence electrons. The first-order valence-electron chi connectivity index (χ1n) is 11.3. The van der Waals surface area contributed by atoms with Gasteiger partial charge in [0, 0.05) is 27.4 Å². The fourth-order valence-electron chi connectivity index (χ4n) is 3.48. The van der Waals surface area contributed by atoms with Crippen molar-refractivity contribution in [1.82, 2.24) is 0 Å². The third-order valence-corrected chi connectivity index (χ3v) is 5.86. The van der Waals surface area contributed by atoms with Gasteiger partial charge < -0.3 is 15.4 Å². The molecule has 6 heteroatoms. The minimum absolute atomic E-state index is 0.105. The summed E-state index contributed by atoms with van der Waals surface area (Å²) in [6.07, 6.45) is 1.41. The van der Waals surface area contributed by atoms with Gasteiger partial charge in [-0.1, -0.05) is 49.7 Å². The van der Waals surface area contributed by atoms with Gasteiger partial charge in [0.2, 0.25) is 5.91 Å². The minimum atomic E-state index is -0.593. The van der Waals surface area contributed by atoms with E-state index in [0.717, 1.165) is 23.3 Å². The summed E-state index contributed by atoms with van der Waals surface area (Å²) in [5.74, 6) is 0.503. The zero-order chi connectivity index (χ0) is 24.7. The summed E-state index contributed by atoms with van der Waals surface area (Å²) in [6.45, 7) is 8.43. The van der Waals surface area contributed by atoms with E-state index in [1.807, 2.05) is 39.8 Å². The maximum Gasteiger partial charge on any atom is 0.255 e. The van der Waals surface area contributed by atoms with E-state index in [9.17, 15) is 9.59 Å². The second-order valence-corrected chi connectivity index (χ2v) is 9.54. The number of rotatable bonds is 9. The van der Waals surface area contributed by atoms with Crippen LogP contribution < -0.4 is 15.4 Å². The van der Waals surface area contributed by atoms with Crippen LogP contribution in [-0.4, -0.2) is 18.4 Å². The summed E-state index contributed by atoms with van der Waals surface area (Å²) in [5.41, 5.74) is 3.28. The number of hydrogen-bond donors (Lipinski definition) is 2. The van der Waals surface area contributed by atoms with Gasteiger partial charge in [-0.2, -0.15) is 0 Å². The maximum absolute atomic E-state index is 12.9. The van der Waals surface area contributed by atoms with Gasteiger partial charge in [-0.05, 0) is 80.3 Å². The number of aryl methyl sites for hydroxylation is 2. The molecule has 0 aromatic heterocycles. The van der Waals surface area contributed by atoms with Crippen molar-refractivity contribution in [3.63, 3.8) is 0 Å². The molecule has 0 heterocycles. The number of carbonyl (C=O) groups excluding carboxylic acids is 2. The molecule has 3 aromatic rings. The molecule has 2 N–H and O–H groups in total. The number of benzene rings is 3. The van der Waals surface area contributed by atoms with Crippen molar-refractivity contribution in [1.29, 1.82) is 0 Å². The Morgan fingerprint density at radius 2 is 1.62 bits per heavy atom. The van der Waals surface area contributed by atoms with E-state index >= 15 is 0 Å². The molecule has 0 spiro atoms. The van der Waals surface area contributed by atoms with E-state index in [0.29, 0.717) is 35.0 Å². The van der Waals surface area contributed by atoms with E-state index in [4.69, 9.17) is 16.3 Å². The lowest BCUT2D eigenvalue weighted by atomic mass is 9.87. The van der Waals surface area contributed by atoms with E-state index in [1.165, 1.54) is 0 Å². The lowest BCUT2D eigenvalue weighted by Gasteiger charge is -2.24. The average molecular weight is 479 g/mol. The fraction of sp³-hybridized carbons (Fsp3) is 0.286. The first kappa shape index (κ1) is 25.3. The van der Waals surface area contributed by atoms with E-state index in [2.05, 4.69) is 16.7 Å². The van der Waals surface area contributed by atoms with Crippen molar-refractivity contribution in [3.05, 3.63) is 88.4 Å². The van der Waals surface area contributed by atoms with Crippen LogP contribution in [0.25, 0.3) is 0 Å². The minimum Gasteiger partial charge on any atom is -0.493 e. The normalized spacial score (nSPS) is 11.1. The Balaban J connectivity index is 1.54. The van der Waals surface area contributed by atoms with Gasteiger partial charge in [0.25, 0.3) is 5.91 Å². The zero-order valence-corrected chi connectivity index (χ0v) is 20.8. The number of nitrogens with one attached hydrogen (secondary N) is 2. The Bertz CT molecular complexity index is 1170. The van der Waals surface area contributed by atoms with Crippen LogP contribution in [0.4, 0.5) is 11.4 Å². The van der Waals surface area contributed by atoms with Gasteiger partial charge in [0.1, 0.15) is 5.75 Å². The Labute approximate surface area is 206 Å². The fourth-order valence-corrected chi connectivity index (χ4v) is 3.67. The van der Waals surface area contributed by atoms with E-state index < -0.39 is 5.41 Å². The number of amides is 2. The van der Waals surface area contributed by atoms with Crippen LogP contribution in [0, 0.1) is 19.3 Å². The quantitative estimate of drug-likeness (QED) is 0.324. The first-order chi connectivity index (χ1) is 16.1. The smallest absolute Gasteiger partial charge is 0.255 e. The van der Waals surface area contributed by atoms with Crippen LogP contribution in [0.15, 0.2) is 66.7 Å². The molecule has 0 aliphatic heterocycles. The first-order valence-corrected chi connectivity index (χ1v) is 11.7. The standard InChI is InChI=1S/C28H31ClN2O3/c1-19-12-13-20(2)25(16-19)34-15-7-14-28(3,4)27(33)31-23-10-5-8-21(17-23)26(32)30-24-11-6-9-22(29)18-24/h5-6,8-13,16-18H,7,14-15H2,1-4H3,(H,30,32)(H,31,33). The average Bonchev–Trinajstić information content (AvgIpc) is 2.79. The van der Waals surface area contributed by atoms with Gasteiger partial charge in [0.15, 0.2) is 0 Å². The molecule has 0 unspecified atom stereocenters. The highest BCUT2D eigenvalue weighted by Crippen LogP contribution is 2.26. The number of anilines is 2. The van der Waals surface area contributed by atoms with Crippen LogP contribution in [0.5, 0.6) is 5.75 Å². The number of ether oxygens (including phenoxy) is 1. The SMILES string of the molecule is Cc1ccc(C)c(OCCCC(C)(C)C(=O)Nc2cccc(C(=O)Nc3cccc(Cl)c3)c2)c1. The highest BCUT2D eigenvalue weighted by molar-refractivity contribution is 6.31. The lowest BCUT2D eigenvalue weighted by molar-refractivity contribution is -0.124. The summed E-state index contributed by atoms with van der Waals surface area (Å²) >= 11 is 5.98. The van der Waals surface area contributed by atoms with Gasteiger partial charge in [-0.3, -0.25) is 9.59 Å². The molecule has 0 saturated heterocycles. The second kappa shape index (κ2) is 11.2. The van der Waals surface area contributed by atoms with Crippen molar-refractivity contribution < 1.29 is 14.3 Å². The number of carbonyl (C=O) groups is 2. The predicted octanol–water partition coefficient (Wildman–Crippen LogP) is 7.03. The Kier molecular flexibility index (Phi) is 8.35. The molecule has 2 amide bonds. The summed E-state index contributed by atoms with van der Waals surface area (Å²) < 4.78 is 5.92. The van der Waals surface area contributed by atoms with Crippen LogP contribution in [0.3, 0.4) is 0 Å². The van der Waals surface area contributed by atoms with Crippen molar-refractivity contribution >= 4 is 34.8 Å². The Morgan fingerprint density at radius 3 is 2.35 bits per heavy atom. The molecule has 0 atom stereocenters. The van der Waals surface area contributed by atoms with Crippen LogP contribution >= 0.6 is 11.6 Å². The van der Waals surface area contributed by atoms with E-state index in [1.54, 1.807) is 48.5 Å². The molecular weight excluding hydrogens is 448 g/mol. The van der Waals surface area contributed by atoms with Crippen LogP contribution in [-0.2, 0) is 4.79 Å². The Morgan fingerprint density at radius 1 is 0.912 bits per heavy atom. The molecule has 34 heavy (non-hydrogen) atoms. The molecule has 0 bridgehead atoms. The van der Waals surface area contributed by atoms with Crippen molar-refractivity contribution in [3.8, 4) is 5.75 Å². The van der Waals surface area contributed by atoms with Crippen molar-refractivity contribution in [2.24, 2.45) is 5.41 Å². The molecule has 0 aliphatic carbocycles.